The predicted molar refractivity (Wildman–Crippen MR) is 147 cm³/mol. The molecule has 0 radical (unpaired) electrons. The Labute approximate surface area is 225 Å². The van der Waals surface area contributed by atoms with Gasteiger partial charge in [-0.15, -0.1) is 0 Å². The SMILES string of the molecule is C=C(C)C(=O)NCCOC(=O)NCc1ccc(Cn2c(CC(=O)OC)nc3c(N)nc4ccccc4c32)cc1. The summed E-state index contributed by atoms with van der Waals surface area (Å²) in [4.78, 5) is 44.6. The van der Waals surface area contributed by atoms with Crippen LogP contribution in [0.15, 0.2) is 60.7 Å². The van der Waals surface area contributed by atoms with Crippen molar-refractivity contribution in [2.45, 2.75) is 26.4 Å². The number of aromatic nitrogens is 3. The van der Waals surface area contributed by atoms with Gasteiger partial charge in [-0.3, -0.25) is 9.59 Å². The van der Waals surface area contributed by atoms with Crippen LogP contribution in [0.25, 0.3) is 21.9 Å². The third-order valence-corrected chi connectivity index (χ3v) is 6.03. The van der Waals surface area contributed by atoms with Gasteiger partial charge in [0.15, 0.2) is 5.82 Å². The molecule has 0 saturated heterocycles. The molecular weight excluding hydrogens is 500 g/mol. The minimum atomic E-state index is -0.584. The molecule has 2 amide bonds. The van der Waals surface area contributed by atoms with E-state index < -0.39 is 12.1 Å². The number of pyridine rings is 1. The fraction of sp³-hybridized carbons (Fsp3) is 0.250. The summed E-state index contributed by atoms with van der Waals surface area (Å²) >= 11 is 0. The van der Waals surface area contributed by atoms with Gasteiger partial charge in [0, 0.05) is 24.0 Å². The number of nitrogens with zero attached hydrogens (tertiary/aromatic N) is 3. The minimum absolute atomic E-state index is 0.0139. The number of ether oxygens (including phenoxy) is 2. The Morgan fingerprint density at radius 2 is 1.74 bits per heavy atom. The van der Waals surface area contributed by atoms with Crippen molar-refractivity contribution in [1.29, 1.82) is 0 Å². The number of nitrogens with one attached hydrogen (secondary N) is 2. The van der Waals surface area contributed by atoms with Crippen molar-refractivity contribution < 1.29 is 23.9 Å². The Hall–Kier alpha value is -4.93. The van der Waals surface area contributed by atoms with Crippen molar-refractivity contribution in [3.8, 4) is 0 Å². The maximum Gasteiger partial charge on any atom is 0.407 e. The van der Waals surface area contributed by atoms with Gasteiger partial charge >= 0.3 is 12.1 Å². The van der Waals surface area contributed by atoms with E-state index in [2.05, 4.69) is 27.2 Å². The largest absolute Gasteiger partial charge is 0.469 e. The average Bonchev–Trinajstić information content (AvgIpc) is 3.28. The Balaban J connectivity index is 1.47. The van der Waals surface area contributed by atoms with Crippen LogP contribution in [0.4, 0.5) is 10.6 Å². The van der Waals surface area contributed by atoms with Crippen LogP contribution in [0.1, 0.15) is 23.9 Å². The summed E-state index contributed by atoms with van der Waals surface area (Å²) in [5.41, 5.74) is 10.5. The quantitative estimate of drug-likeness (QED) is 0.161. The molecule has 0 fully saturated rings. The summed E-state index contributed by atoms with van der Waals surface area (Å²) in [5.74, 6) is 0.122. The molecule has 202 valence electrons. The molecule has 4 aromatic rings. The van der Waals surface area contributed by atoms with Crippen LogP contribution in [0, 0.1) is 0 Å². The molecule has 0 aliphatic heterocycles. The highest BCUT2D eigenvalue weighted by atomic mass is 16.5. The number of nitrogens with two attached hydrogens (primary N) is 1. The number of nitrogen functional groups attached to an aromatic ring is 1. The van der Waals surface area contributed by atoms with Crippen LogP contribution in [0.5, 0.6) is 0 Å². The highest BCUT2D eigenvalue weighted by Crippen LogP contribution is 2.29. The summed E-state index contributed by atoms with van der Waals surface area (Å²) in [6.07, 6.45) is -0.598. The normalized spacial score (nSPS) is 10.8. The van der Waals surface area contributed by atoms with Crippen LogP contribution >= 0.6 is 0 Å². The van der Waals surface area contributed by atoms with Gasteiger partial charge < -0.3 is 30.4 Å². The molecule has 2 aromatic carbocycles. The number of esters is 1. The van der Waals surface area contributed by atoms with E-state index in [-0.39, 0.29) is 32.0 Å². The second kappa shape index (κ2) is 12.1. The first kappa shape index (κ1) is 27.1. The topological polar surface area (TPSA) is 150 Å². The van der Waals surface area contributed by atoms with Gasteiger partial charge in [-0.05, 0) is 24.1 Å². The number of fused-ring (bicyclic) bond motifs is 3. The maximum atomic E-state index is 12.1. The number of alkyl carbamates (subject to hydrolysis) is 1. The Morgan fingerprint density at radius 1 is 1.03 bits per heavy atom. The number of imidazole rings is 1. The first-order valence-electron chi connectivity index (χ1n) is 12.3. The van der Waals surface area contributed by atoms with Gasteiger partial charge in [0.05, 0.1) is 24.7 Å². The summed E-state index contributed by atoms with van der Waals surface area (Å²) < 4.78 is 11.9. The number of para-hydroxylation sites is 1. The number of anilines is 1. The summed E-state index contributed by atoms with van der Waals surface area (Å²) in [6.45, 7) is 6.09. The third-order valence-electron chi connectivity index (χ3n) is 6.03. The molecule has 0 saturated carbocycles. The van der Waals surface area contributed by atoms with Crippen LogP contribution in [-0.4, -0.2) is 52.8 Å². The molecular formula is C28H30N6O5. The fourth-order valence-corrected chi connectivity index (χ4v) is 4.04. The molecule has 0 bridgehead atoms. The standard InChI is InChI=1S/C28H30N6O5/c1-17(2)27(36)30-12-13-39-28(37)31-15-18-8-10-19(11-9-18)16-34-22(14-23(35)38-3)33-24-25(34)20-6-4-5-7-21(20)32-26(24)29/h4-11H,1,12-16H2,2-3H3,(H2,29,32)(H,30,36)(H,31,37). The number of hydrogen-bond donors (Lipinski definition) is 3. The van der Waals surface area contributed by atoms with Gasteiger partial charge in [0.1, 0.15) is 24.4 Å². The second-order valence-electron chi connectivity index (χ2n) is 8.92. The minimum Gasteiger partial charge on any atom is -0.469 e. The molecule has 2 aromatic heterocycles. The number of methoxy groups -OCH3 is 1. The highest BCUT2D eigenvalue weighted by Gasteiger charge is 2.19. The molecule has 2 heterocycles. The number of hydrogen-bond acceptors (Lipinski definition) is 8. The van der Waals surface area contributed by atoms with E-state index in [4.69, 9.17) is 15.2 Å². The summed E-state index contributed by atoms with van der Waals surface area (Å²) in [6, 6.07) is 15.3. The summed E-state index contributed by atoms with van der Waals surface area (Å²) in [7, 11) is 1.34. The smallest absolute Gasteiger partial charge is 0.407 e. The van der Waals surface area contributed by atoms with Gasteiger partial charge in [0.25, 0.3) is 0 Å². The second-order valence-corrected chi connectivity index (χ2v) is 8.92. The van der Waals surface area contributed by atoms with E-state index in [0.29, 0.717) is 29.3 Å². The number of benzene rings is 2. The van der Waals surface area contributed by atoms with Crippen molar-refractivity contribution in [2.75, 3.05) is 26.0 Å². The Morgan fingerprint density at radius 3 is 2.46 bits per heavy atom. The highest BCUT2D eigenvalue weighted by molar-refractivity contribution is 6.06. The molecule has 39 heavy (non-hydrogen) atoms. The van der Waals surface area contributed by atoms with E-state index in [1.807, 2.05) is 53.1 Å². The van der Waals surface area contributed by atoms with E-state index in [1.165, 1.54) is 7.11 Å². The van der Waals surface area contributed by atoms with E-state index in [0.717, 1.165) is 27.5 Å². The summed E-state index contributed by atoms with van der Waals surface area (Å²) in [5, 5.41) is 6.15. The molecule has 11 nitrogen and oxygen atoms in total. The van der Waals surface area contributed by atoms with Crippen LogP contribution < -0.4 is 16.4 Å². The lowest BCUT2D eigenvalue weighted by atomic mass is 10.1. The van der Waals surface area contributed by atoms with Crippen molar-refractivity contribution >= 4 is 45.7 Å². The number of carbonyl (C=O) groups is 3. The number of rotatable bonds is 10. The first-order valence-corrected chi connectivity index (χ1v) is 12.3. The maximum absolute atomic E-state index is 12.1. The van der Waals surface area contributed by atoms with Gasteiger partial charge in [-0.25, -0.2) is 14.8 Å². The van der Waals surface area contributed by atoms with Crippen molar-refractivity contribution in [2.24, 2.45) is 0 Å². The van der Waals surface area contributed by atoms with E-state index in [9.17, 15) is 14.4 Å². The lowest BCUT2D eigenvalue weighted by molar-refractivity contribution is -0.140. The Bertz CT molecular complexity index is 1540. The monoisotopic (exact) mass is 530 g/mol. The van der Waals surface area contributed by atoms with Gasteiger partial charge in [-0.2, -0.15) is 0 Å². The van der Waals surface area contributed by atoms with Crippen molar-refractivity contribution in [1.82, 2.24) is 25.2 Å². The fourth-order valence-electron chi connectivity index (χ4n) is 4.04. The van der Waals surface area contributed by atoms with E-state index in [1.54, 1.807) is 6.92 Å². The predicted octanol–water partition coefficient (Wildman–Crippen LogP) is 2.85. The lowest BCUT2D eigenvalue weighted by Gasteiger charge is -2.12. The van der Waals surface area contributed by atoms with Crippen LogP contribution in [-0.2, 0) is 38.6 Å². The zero-order valence-corrected chi connectivity index (χ0v) is 21.8. The van der Waals surface area contributed by atoms with Crippen molar-refractivity contribution in [3.05, 3.63) is 77.6 Å². The molecule has 4 N–H and O–H groups in total. The molecule has 0 unspecified atom stereocenters. The molecule has 4 rings (SSSR count). The zero-order valence-electron chi connectivity index (χ0n) is 21.8. The first-order chi connectivity index (χ1) is 18.8. The third kappa shape index (κ3) is 6.50. The zero-order chi connectivity index (χ0) is 27.9. The molecule has 11 heteroatoms. The molecule has 0 atom stereocenters. The lowest BCUT2D eigenvalue weighted by Crippen LogP contribution is -2.31. The average molecular weight is 531 g/mol. The van der Waals surface area contributed by atoms with E-state index >= 15 is 0 Å². The molecule has 0 aliphatic rings. The van der Waals surface area contributed by atoms with Gasteiger partial charge in [-0.1, -0.05) is 49.0 Å². The van der Waals surface area contributed by atoms with Crippen LogP contribution in [0.2, 0.25) is 0 Å². The van der Waals surface area contributed by atoms with Crippen molar-refractivity contribution in [3.63, 3.8) is 0 Å². The Kier molecular flexibility index (Phi) is 8.40. The van der Waals surface area contributed by atoms with Crippen LogP contribution in [0.3, 0.4) is 0 Å². The molecule has 0 spiro atoms. The van der Waals surface area contributed by atoms with Gasteiger partial charge in [0.2, 0.25) is 5.91 Å². The number of amides is 2. The molecule has 0 aliphatic carbocycles. The number of carbonyl (C=O) groups excluding carboxylic acids is 3.